The standard InChI is InChI=1S/C13H16N2.C2H6/c1-11-6-7-15(9-11)10-13-5-3-2-4-12(13)8-14;1-2/h2-5,11H,6-7,9-10H2,1H3;1-2H3. The molecule has 0 aromatic heterocycles. The first kappa shape index (κ1) is 13.7. The first-order chi connectivity index (χ1) is 8.29. The SMILES string of the molecule is CC.CC1CCN(Cc2ccccc2C#N)C1. The minimum atomic E-state index is 0.805. The molecule has 1 atom stereocenters. The Morgan fingerprint density at radius 3 is 2.65 bits per heavy atom. The van der Waals surface area contributed by atoms with Crippen molar-refractivity contribution in [3.63, 3.8) is 0 Å². The summed E-state index contributed by atoms with van der Waals surface area (Å²) in [6.07, 6.45) is 1.29. The smallest absolute Gasteiger partial charge is 0.0995 e. The van der Waals surface area contributed by atoms with Crippen LogP contribution < -0.4 is 0 Å². The zero-order valence-electron chi connectivity index (χ0n) is 11.1. The van der Waals surface area contributed by atoms with Crippen molar-refractivity contribution >= 4 is 0 Å². The van der Waals surface area contributed by atoms with Crippen LogP contribution in [-0.2, 0) is 6.54 Å². The summed E-state index contributed by atoms with van der Waals surface area (Å²) in [7, 11) is 0. The summed E-state index contributed by atoms with van der Waals surface area (Å²) in [4.78, 5) is 2.43. The molecule has 1 aromatic carbocycles. The Kier molecular flexibility index (Phi) is 5.72. The maximum absolute atomic E-state index is 8.98. The van der Waals surface area contributed by atoms with Crippen LogP contribution in [0.3, 0.4) is 0 Å². The fourth-order valence-electron chi connectivity index (χ4n) is 2.18. The second-order valence-electron chi connectivity index (χ2n) is 4.40. The predicted molar refractivity (Wildman–Crippen MR) is 71.6 cm³/mol. The van der Waals surface area contributed by atoms with E-state index < -0.39 is 0 Å². The van der Waals surface area contributed by atoms with E-state index in [1.807, 2.05) is 32.0 Å². The predicted octanol–water partition coefficient (Wildman–Crippen LogP) is 3.43. The van der Waals surface area contributed by atoms with Crippen molar-refractivity contribution in [2.24, 2.45) is 5.92 Å². The number of rotatable bonds is 2. The maximum atomic E-state index is 8.98. The molecule has 0 N–H and O–H groups in total. The normalized spacial score (nSPS) is 19.3. The molecule has 2 heteroatoms. The van der Waals surface area contributed by atoms with Crippen LogP contribution in [0.5, 0.6) is 0 Å². The van der Waals surface area contributed by atoms with Crippen LogP contribution in [0.15, 0.2) is 24.3 Å². The van der Waals surface area contributed by atoms with Gasteiger partial charge in [0.05, 0.1) is 11.6 Å². The van der Waals surface area contributed by atoms with Crippen LogP contribution in [-0.4, -0.2) is 18.0 Å². The lowest BCUT2D eigenvalue weighted by atomic mass is 10.1. The van der Waals surface area contributed by atoms with Gasteiger partial charge in [-0.05, 0) is 30.5 Å². The molecule has 1 aromatic rings. The summed E-state index contributed by atoms with van der Waals surface area (Å²) in [6.45, 7) is 9.55. The van der Waals surface area contributed by atoms with Gasteiger partial charge in [0.1, 0.15) is 0 Å². The number of nitriles is 1. The van der Waals surface area contributed by atoms with E-state index >= 15 is 0 Å². The molecule has 0 spiro atoms. The van der Waals surface area contributed by atoms with Crippen molar-refractivity contribution in [1.29, 1.82) is 5.26 Å². The van der Waals surface area contributed by atoms with E-state index in [-0.39, 0.29) is 0 Å². The molecule has 0 aliphatic carbocycles. The van der Waals surface area contributed by atoms with Gasteiger partial charge in [-0.15, -0.1) is 0 Å². The Morgan fingerprint density at radius 1 is 1.35 bits per heavy atom. The molecule has 1 aliphatic rings. The lowest BCUT2D eigenvalue weighted by Gasteiger charge is -2.15. The Hall–Kier alpha value is -1.33. The molecular weight excluding hydrogens is 208 g/mol. The van der Waals surface area contributed by atoms with Crippen molar-refractivity contribution in [2.45, 2.75) is 33.7 Å². The molecule has 0 bridgehead atoms. The fourth-order valence-corrected chi connectivity index (χ4v) is 2.18. The van der Waals surface area contributed by atoms with Gasteiger partial charge in [-0.25, -0.2) is 0 Å². The van der Waals surface area contributed by atoms with Gasteiger partial charge in [-0.3, -0.25) is 4.90 Å². The van der Waals surface area contributed by atoms with Gasteiger partial charge < -0.3 is 0 Å². The maximum Gasteiger partial charge on any atom is 0.0995 e. The third-order valence-corrected chi connectivity index (χ3v) is 3.04. The number of benzene rings is 1. The van der Waals surface area contributed by atoms with Gasteiger partial charge in [0.15, 0.2) is 0 Å². The summed E-state index contributed by atoms with van der Waals surface area (Å²) >= 11 is 0. The van der Waals surface area contributed by atoms with Crippen LogP contribution in [0.25, 0.3) is 0 Å². The number of hydrogen-bond donors (Lipinski definition) is 0. The summed E-state index contributed by atoms with van der Waals surface area (Å²) in [5.41, 5.74) is 1.98. The van der Waals surface area contributed by atoms with Gasteiger partial charge in [0.25, 0.3) is 0 Å². The summed E-state index contributed by atoms with van der Waals surface area (Å²) in [6, 6.07) is 10.1. The van der Waals surface area contributed by atoms with Crippen molar-refractivity contribution in [3.05, 3.63) is 35.4 Å². The molecule has 1 saturated heterocycles. The first-order valence-electron chi connectivity index (χ1n) is 6.50. The quantitative estimate of drug-likeness (QED) is 0.778. The monoisotopic (exact) mass is 230 g/mol. The van der Waals surface area contributed by atoms with Gasteiger partial charge in [0.2, 0.25) is 0 Å². The topological polar surface area (TPSA) is 27.0 Å². The Morgan fingerprint density at radius 2 is 2.06 bits per heavy atom. The van der Waals surface area contributed by atoms with E-state index in [0.717, 1.165) is 23.6 Å². The van der Waals surface area contributed by atoms with E-state index in [9.17, 15) is 0 Å². The first-order valence-corrected chi connectivity index (χ1v) is 6.50. The van der Waals surface area contributed by atoms with Gasteiger partial charge in [0, 0.05) is 13.1 Å². The van der Waals surface area contributed by atoms with Crippen molar-refractivity contribution < 1.29 is 0 Å². The molecule has 1 unspecified atom stereocenters. The molecule has 92 valence electrons. The van der Waals surface area contributed by atoms with E-state index in [4.69, 9.17) is 5.26 Å². The Balaban J connectivity index is 0.000000686. The van der Waals surface area contributed by atoms with Crippen LogP contribution >= 0.6 is 0 Å². The third-order valence-electron chi connectivity index (χ3n) is 3.04. The van der Waals surface area contributed by atoms with E-state index in [1.165, 1.54) is 19.5 Å². The lowest BCUT2D eigenvalue weighted by molar-refractivity contribution is 0.320. The second kappa shape index (κ2) is 7.09. The van der Waals surface area contributed by atoms with Crippen molar-refractivity contribution in [2.75, 3.05) is 13.1 Å². The zero-order valence-corrected chi connectivity index (χ0v) is 11.1. The molecular formula is C15H22N2. The van der Waals surface area contributed by atoms with E-state index in [1.54, 1.807) is 0 Å². The number of likely N-dealkylation sites (tertiary alicyclic amines) is 1. The molecule has 0 amide bonds. The van der Waals surface area contributed by atoms with Gasteiger partial charge in [-0.1, -0.05) is 39.0 Å². The summed E-state index contributed by atoms with van der Waals surface area (Å²) < 4.78 is 0. The molecule has 0 saturated carbocycles. The average Bonchev–Trinajstić information content (AvgIpc) is 2.78. The van der Waals surface area contributed by atoms with Crippen molar-refractivity contribution in [1.82, 2.24) is 4.90 Å². The summed E-state index contributed by atoms with van der Waals surface area (Å²) in [5, 5.41) is 8.98. The van der Waals surface area contributed by atoms with Gasteiger partial charge >= 0.3 is 0 Å². The van der Waals surface area contributed by atoms with Crippen molar-refractivity contribution in [3.8, 4) is 6.07 Å². The van der Waals surface area contributed by atoms with Gasteiger partial charge in [-0.2, -0.15) is 5.26 Å². The van der Waals surface area contributed by atoms with Crippen LogP contribution in [0.4, 0.5) is 0 Å². The third kappa shape index (κ3) is 3.87. The van der Waals surface area contributed by atoms with Crippen LogP contribution in [0, 0.1) is 17.2 Å². The minimum absolute atomic E-state index is 0.805. The summed E-state index contributed by atoms with van der Waals surface area (Å²) in [5.74, 6) is 0.805. The highest BCUT2D eigenvalue weighted by molar-refractivity contribution is 5.37. The largest absolute Gasteiger partial charge is 0.299 e. The fraction of sp³-hybridized carbons (Fsp3) is 0.533. The molecule has 1 aliphatic heterocycles. The molecule has 1 fully saturated rings. The minimum Gasteiger partial charge on any atom is -0.299 e. The highest BCUT2D eigenvalue weighted by atomic mass is 15.1. The average molecular weight is 230 g/mol. The van der Waals surface area contributed by atoms with E-state index in [2.05, 4.69) is 24.0 Å². The molecule has 0 radical (unpaired) electrons. The molecule has 2 rings (SSSR count). The van der Waals surface area contributed by atoms with Crippen LogP contribution in [0.1, 0.15) is 38.3 Å². The molecule has 2 nitrogen and oxygen atoms in total. The Bertz CT molecular complexity index is 379. The zero-order chi connectivity index (χ0) is 12.7. The lowest BCUT2D eigenvalue weighted by Crippen LogP contribution is -2.20. The Labute approximate surface area is 105 Å². The number of nitrogens with zero attached hydrogens (tertiary/aromatic N) is 2. The van der Waals surface area contributed by atoms with E-state index in [0.29, 0.717) is 0 Å². The highest BCUT2D eigenvalue weighted by Crippen LogP contribution is 2.19. The number of hydrogen-bond acceptors (Lipinski definition) is 2. The molecule has 17 heavy (non-hydrogen) atoms. The van der Waals surface area contributed by atoms with Crippen LogP contribution in [0.2, 0.25) is 0 Å². The second-order valence-corrected chi connectivity index (χ2v) is 4.40. The molecule has 1 heterocycles. The highest BCUT2D eigenvalue weighted by Gasteiger charge is 2.19.